The number of nitrogens with two attached hydrogens (primary N) is 1. The summed E-state index contributed by atoms with van der Waals surface area (Å²) in [5, 5.41) is 9.29. The second kappa shape index (κ2) is 6.31. The number of anilines is 1. The molecular formula is C13H17N3OS. The molecule has 0 aliphatic carbocycles. The van der Waals surface area contributed by atoms with E-state index in [1.54, 1.807) is 0 Å². The van der Waals surface area contributed by atoms with Crippen molar-refractivity contribution in [3.8, 4) is 6.07 Å². The van der Waals surface area contributed by atoms with Crippen molar-refractivity contribution < 1.29 is 4.79 Å². The Balaban J connectivity index is 3.28. The molecule has 0 fully saturated rings. The van der Waals surface area contributed by atoms with Crippen molar-refractivity contribution in [3.05, 3.63) is 23.8 Å². The van der Waals surface area contributed by atoms with Gasteiger partial charge in [0.05, 0.1) is 17.8 Å². The Morgan fingerprint density at radius 1 is 1.56 bits per heavy atom. The van der Waals surface area contributed by atoms with Crippen LogP contribution in [0.3, 0.4) is 0 Å². The second-order valence-electron chi connectivity index (χ2n) is 4.15. The zero-order chi connectivity index (χ0) is 13.7. The molecule has 96 valence electrons. The quantitative estimate of drug-likeness (QED) is 0.825. The number of carbonyl (C=O) groups excluding carboxylic acids is 1. The van der Waals surface area contributed by atoms with Gasteiger partial charge in [-0.1, -0.05) is 6.07 Å². The fourth-order valence-corrected chi connectivity index (χ4v) is 2.32. The number of thioether (sulfide) groups is 1. The Labute approximate surface area is 112 Å². The maximum absolute atomic E-state index is 11.1. The lowest BCUT2D eigenvalue weighted by Gasteiger charge is -2.28. The SMILES string of the molecule is CSc1cccc(N(CC(N)=O)C(C)C)c1C#N. The van der Waals surface area contributed by atoms with Gasteiger partial charge in [0.1, 0.15) is 6.07 Å². The highest BCUT2D eigenvalue weighted by atomic mass is 32.2. The molecule has 0 heterocycles. The number of nitriles is 1. The molecule has 1 amide bonds. The molecule has 1 rings (SSSR count). The van der Waals surface area contributed by atoms with E-state index in [1.165, 1.54) is 11.8 Å². The van der Waals surface area contributed by atoms with Gasteiger partial charge in [0, 0.05) is 10.9 Å². The highest BCUT2D eigenvalue weighted by molar-refractivity contribution is 7.98. The number of benzene rings is 1. The van der Waals surface area contributed by atoms with E-state index in [2.05, 4.69) is 6.07 Å². The molecule has 0 aliphatic heterocycles. The topological polar surface area (TPSA) is 70.1 Å². The van der Waals surface area contributed by atoms with Crippen molar-refractivity contribution in [3.63, 3.8) is 0 Å². The lowest BCUT2D eigenvalue weighted by molar-refractivity contribution is -0.116. The Morgan fingerprint density at radius 3 is 2.67 bits per heavy atom. The number of primary amides is 1. The Hall–Kier alpha value is -1.67. The zero-order valence-electron chi connectivity index (χ0n) is 10.8. The van der Waals surface area contributed by atoms with Gasteiger partial charge in [0.25, 0.3) is 0 Å². The predicted octanol–water partition coefficient (Wildman–Crippen LogP) is 1.98. The molecule has 0 aliphatic rings. The van der Waals surface area contributed by atoms with Crippen LogP contribution in [0.15, 0.2) is 23.1 Å². The molecule has 4 nitrogen and oxygen atoms in total. The molecule has 0 radical (unpaired) electrons. The molecule has 5 heteroatoms. The lowest BCUT2D eigenvalue weighted by atomic mass is 10.1. The highest BCUT2D eigenvalue weighted by Crippen LogP contribution is 2.29. The summed E-state index contributed by atoms with van der Waals surface area (Å²) in [6.45, 7) is 4.05. The molecule has 1 aromatic rings. The minimum absolute atomic E-state index is 0.0988. The Kier molecular flexibility index (Phi) is 5.05. The molecular weight excluding hydrogens is 246 g/mol. The third kappa shape index (κ3) is 3.17. The average Bonchev–Trinajstić information content (AvgIpc) is 2.34. The summed E-state index contributed by atoms with van der Waals surface area (Å²) in [7, 11) is 0. The first-order valence-corrected chi connectivity index (χ1v) is 6.85. The van der Waals surface area contributed by atoms with Crippen LogP contribution in [0, 0.1) is 11.3 Å². The first kappa shape index (κ1) is 14.4. The zero-order valence-corrected chi connectivity index (χ0v) is 11.6. The van der Waals surface area contributed by atoms with Crippen LogP contribution in [0.2, 0.25) is 0 Å². The van der Waals surface area contributed by atoms with E-state index in [9.17, 15) is 10.1 Å². The van der Waals surface area contributed by atoms with E-state index < -0.39 is 5.91 Å². The van der Waals surface area contributed by atoms with Gasteiger partial charge in [0.2, 0.25) is 5.91 Å². The Morgan fingerprint density at radius 2 is 2.22 bits per heavy atom. The normalized spacial score (nSPS) is 10.2. The molecule has 0 spiro atoms. The van der Waals surface area contributed by atoms with Crippen molar-refractivity contribution in [2.75, 3.05) is 17.7 Å². The number of carbonyl (C=O) groups is 1. The minimum Gasteiger partial charge on any atom is -0.368 e. The molecule has 0 unspecified atom stereocenters. The van der Waals surface area contributed by atoms with Gasteiger partial charge in [-0.15, -0.1) is 11.8 Å². The maximum Gasteiger partial charge on any atom is 0.236 e. The third-order valence-corrected chi connectivity index (χ3v) is 3.37. The number of hydrogen-bond acceptors (Lipinski definition) is 4. The standard InChI is InChI=1S/C13H17N3OS/c1-9(2)16(8-13(15)17)11-5-4-6-12(18-3)10(11)7-14/h4-6,9H,8H2,1-3H3,(H2,15,17). The average molecular weight is 263 g/mol. The largest absolute Gasteiger partial charge is 0.368 e. The maximum atomic E-state index is 11.1. The van der Waals surface area contributed by atoms with Crippen molar-refractivity contribution in [2.45, 2.75) is 24.8 Å². The van der Waals surface area contributed by atoms with Crippen LogP contribution in [0.5, 0.6) is 0 Å². The molecule has 1 aromatic carbocycles. The summed E-state index contributed by atoms with van der Waals surface area (Å²) in [6.07, 6.45) is 1.92. The number of amides is 1. The van der Waals surface area contributed by atoms with Crippen LogP contribution in [0.4, 0.5) is 5.69 Å². The smallest absolute Gasteiger partial charge is 0.236 e. The van der Waals surface area contributed by atoms with Crippen LogP contribution in [-0.4, -0.2) is 24.7 Å². The highest BCUT2D eigenvalue weighted by Gasteiger charge is 2.18. The van der Waals surface area contributed by atoms with Crippen molar-refractivity contribution >= 4 is 23.4 Å². The van der Waals surface area contributed by atoms with Gasteiger partial charge in [-0.25, -0.2) is 0 Å². The van der Waals surface area contributed by atoms with E-state index in [4.69, 9.17) is 5.73 Å². The number of hydrogen-bond donors (Lipinski definition) is 1. The van der Waals surface area contributed by atoms with Gasteiger partial charge < -0.3 is 10.6 Å². The summed E-state index contributed by atoms with van der Waals surface area (Å²) in [5.74, 6) is -0.401. The van der Waals surface area contributed by atoms with Crippen molar-refractivity contribution in [1.29, 1.82) is 5.26 Å². The van der Waals surface area contributed by atoms with Crippen LogP contribution in [0.1, 0.15) is 19.4 Å². The molecule has 0 saturated heterocycles. The second-order valence-corrected chi connectivity index (χ2v) is 5.00. The molecule has 0 atom stereocenters. The molecule has 0 saturated carbocycles. The van der Waals surface area contributed by atoms with Gasteiger partial charge in [-0.2, -0.15) is 5.26 Å². The molecule has 0 aromatic heterocycles. The van der Waals surface area contributed by atoms with Gasteiger partial charge >= 0.3 is 0 Å². The summed E-state index contributed by atoms with van der Waals surface area (Å²) in [5.41, 5.74) is 6.62. The fourth-order valence-electron chi connectivity index (χ4n) is 1.76. The fraction of sp³-hybridized carbons (Fsp3) is 0.385. The first-order chi connectivity index (χ1) is 8.51. The molecule has 0 bridgehead atoms. The summed E-state index contributed by atoms with van der Waals surface area (Å²) in [6, 6.07) is 7.94. The molecule has 2 N–H and O–H groups in total. The van der Waals surface area contributed by atoms with Gasteiger partial charge in [-0.05, 0) is 32.2 Å². The van der Waals surface area contributed by atoms with E-state index in [1.807, 2.05) is 43.2 Å². The van der Waals surface area contributed by atoms with Crippen LogP contribution >= 0.6 is 11.8 Å². The van der Waals surface area contributed by atoms with E-state index >= 15 is 0 Å². The predicted molar refractivity (Wildman–Crippen MR) is 74.6 cm³/mol. The van der Waals surface area contributed by atoms with Gasteiger partial charge in [0.15, 0.2) is 0 Å². The van der Waals surface area contributed by atoms with E-state index in [0.29, 0.717) is 5.56 Å². The summed E-state index contributed by atoms with van der Waals surface area (Å²) >= 11 is 1.52. The number of nitrogens with zero attached hydrogens (tertiary/aromatic N) is 2. The van der Waals surface area contributed by atoms with Gasteiger partial charge in [-0.3, -0.25) is 4.79 Å². The third-order valence-electron chi connectivity index (χ3n) is 2.59. The first-order valence-electron chi connectivity index (χ1n) is 5.63. The van der Waals surface area contributed by atoms with Crippen LogP contribution in [0.25, 0.3) is 0 Å². The van der Waals surface area contributed by atoms with Crippen LogP contribution < -0.4 is 10.6 Å². The molecule has 18 heavy (non-hydrogen) atoms. The monoisotopic (exact) mass is 263 g/mol. The van der Waals surface area contributed by atoms with Crippen molar-refractivity contribution in [1.82, 2.24) is 0 Å². The lowest BCUT2D eigenvalue weighted by Crippen LogP contribution is -2.39. The minimum atomic E-state index is -0.401. The van der Waals surface area contributed by atoms with E-state index in [0.717, 1.165) is 10.6 Å². The Bertz CT molecular complexity index is 480. The van der Waals surface area contributed by atoms with Crippen LogP contribution in [-0.2, 0) is 4.79 Å². The summed E-state index contributed by atoms with van der Waals surface area (Å²) in [4.78, 5) is 13.9. The van der Waals surface area contributed by atoms with E-state index in [-0.39, 0.29) is 12.6 Å². The van der Waals surface area contributed by atoms with Crippen molar-refractivity contribution in [2.24, 2.45) is 5.73 Å². The number of rotatable bonds is 5. The summed E-state index contributed by atoms with van der Waals surface area (Å²) < 4.78 is 0.